The van der Waals surface area contributed by atoms with Crippen molar-refractivity contribution in [2.75, 3.05) is 5.88 Å². The summed E-state index contributed by atoms with van der Waals surface area (Å²) >= 11 is 5.65. The summed E-state index contributed by atoms with van der Waals surface area (Å²) in [7, 11) is 0. The van der Waals surface area contributed by atoms with E-state index in [9.17, 15) is 9.59 Å². The van der Waals surface area contributed by atoms with Crippen molar-refractivity contribution in [1.82, 2.24) is 0 Å². The number of hydrogen-bond acceptors (Lipinski definition) is 2. The zero-order valence-electron chi connectivity index (χ0n) is 9.20. The molecule has 0 atom stereocenters. The van der Waals surface area contributed by atoms with Gasteiger partial charge in [-0.05, 0) is 24.0 Å². The molecule has 0 spiro atoms. The van der Waals surface area contributed by atoms with Gasteiger partial charge in [0.05, 0.1) is 5.57 Å². The molecule has 4 heteroatoms. The molecule has 0 radical (unpaired) electrons. The van der Waals surface area contributed by atoms with Gasteiger partial charge in [0.2, 0.25) is 0 Å². The molecule has 1 aliphatic rings. The molecule has 0 unspecified atom stereocenters. The lowest BCUT2D eigenvalue weighted by Gasteiger charge is -2.04. The summed E-state index contributed by atoms with van der Waals surface area (Å²) in [5.74, 6) is -0.431. The van der Waals surface area contributed by atoms with E-state index < -0.39 is 5.91 Å². The van der Waals surface area contributed by atoms with Crippen LogP contribution in [0.5, 0.6) is 0 Å². The van der Waals surface area contributed by atoms with Crippen molar-refractivity contribution in [1.29, 1.82) is 0 Å². The Kier molecular flexibility index (Phi) is 3.29. The van der Waals surface area contributed by atoms with Crippen molar-refractivity contribution < 1.29 is 9.59 Å². The third kappa shape index (κ3) is 1.98. The van der Waals surface area contributed by atoms with E-state index in [4.69, 9.17) is 17.3 Å². The van der Waals surface area contributed by atoms with Gasteiger partial charge in [0.1, 0.15) is 0 Å². The van der Waals surface area contributed by atoms with Crippen LogP contribution in [-0.2, 0) is 4.79 Å². The number of nitrogens with two attached hydrogens (primary N) is 1. The molecule has 1 aromatic carbocycles. The average Bonchev–Trinajstić information content (AvgIpc) is 2.60. The van der Waals surface area contributed by atoms with E-state index in [1.807, 2.05) is 12.1 Å². The van der Waals surface area contributed by atoms with E-state index in [-0.39, 0.29) is 11.4 Å². The van der Waals surface area contributed by atoms with Gasteiger partial charge in [-0.2, -0.15) is 0 Å². The van der Waals surface area contributed by atoms with Crippen LogP contribution in [-0.4, -0.2) is 17.6 Å². The van der Waals surface area contributed by atoms with Gasteiger partial charge in [-0.15, -0.1) is 11.6 Å². The average molecular weight is 250 g/mol. The summed E-state index contributed by atoms with van der Waals surface area (Å²) in [6.07, 6.45) is 1.32. The number of Topliss-reactive ketones (excluding diaryl/α,β-unsaturated/α-hetero) is 1. The number of carbonyl (C=O) groups excluding carboxylic acids is 2. The van der Waals surface area contributed by atoms with Crippen LogP contribution in [0.1, 0.15) is 28.8 Å². The molecule has 1 amide bonds. The summed E-state index contributed by atoms with van der Waals surface area (Å²) in [4.78, 5) is 23.4. The molecule has 0 saturated heterocycles. The third-order valence-corrected chi connectivity index (χ3v) is 3.10. The second kappa shape index (κ2) is 4.72. The largest absolute Gasteiger partial charge is 0.365 e. The number of fused-ring (bicyclic) bond motifs is 1. The summed E-state index contributed by atoms with van der Waals surface area (Å²) in [5.41, 5.74) is 7.51. The Bertz CT molecular complexity index is 520. The van der Waals surface area contributed by atoms with Gasteiger partial charge in [-0.25, -0.2) is 0 Å². The van der Waals surface area contributed by atoms with Crippen LogP contribution in [0.4, 0.5) is 0 Å². The molecule has 0 aliphatic heterocycles. The second-order valence-electron chi connectivity index (χ2n) is 3.89. The normalized spacial score (nSPS) is 14.1. The maximum absolute atomic E-state index is 12.0. The smallest absolute Gasteiger partial charge is 0.252 e. The Labute approximate surface area is 104 Å². The maximum atomic E-state index is 12.0. The maximum Gasteiger partial charge on any atom is 0.252 e. The monoisotopic (exact) mass is 249 g/mol. The third-order valence-electron chi connectivity index (χ3n) is 2.83. The van der Waals surface area contributed by atoms with Gasteiger partial charge in [0, 0.05) is 11.4 Å². The van der Waals surface area contributed by atoms with Crippen molar-refractivity contribution in [3.05, 3.63) is 41.0 Å². The highest BCUT2D eigenvalue weighted by atomic mass is 35.5. The number of primary amides is 1. The van der Waals surface area contributed by atoms with Crippen molar-refractivity contribution in [2.24, 2.45) is 5.73 Å². The Morgan fingerprint density at radius 3 is 2.47 bits per heavy atom. The van der Waals surface area contributed by atoms with E-state index in [1.54, 1.807) is 12.1 Å². The second-order valence-corrected chi connectivity index (χ2v) is 4.26. The Balaban J connectivity index is 2.52. The number of amides is 1. The van der Waals surface area contributed by atoms with Gasteiger partial charge in [0.15, 0.2) is 5.78 Å². The molecule has 0 aromatic heterocycles. The number of ketones is 1. The molecule has 0 heterocycles. The standard InChI is InChI=1S/C13H12ClNO2/c14-7-3-6-9-8-4-1-2-5-10(8)12(16)11(9)13(15)17/h1-2,4-5H,3,6-7H2,(H2,15,17). The SMILES string of the molecule is NC(=O)C1=C(CCCCl)c2ccccc2C1=O. The first kappa shape index (κ1) is 11.9. The molecule has 17 heavy (non-hydrogen) atoms. The highest BCUT2D eigenvalue weighted by Crippen LogP contribution is 2.35. The first-order chi connectivity index (χ1) is 8.16. The van der Waals surface area contributed by atoms with Crippen LogP contribution in [0.15, 0.2) is 29.8 Å². The summed E-state index contributed by atoms with van der Waals surface area (Å²) in [5, 5.41) is 0. The highest BCUT2D eigenvalue weighted by molar-refractivity contribution is 6.34. The molecular formula is C13H12ClNO2. The van der Waals surface area contributed by atoms with Crippen molar-refractivity contribution >= 4 is 28.9 Å². The fourth-order valence-corrected chi connectivity index (χ4v) is 2.25. The molecule has 1 aliphatic carbocycles. The molecular weight excluding hydrogens is 238 g/mol. The van der Waals surface area contributed by atoms with Crippen molar-refractivity contribution in [2.45, 2.75) is 12.8 Å². The fourth-order valence-electron chi connectivity index (χ4n) is 2.11. The van der Waals surface area contributed by atoms with E-state index >= 15 is 0 Å². The fraction of sp³-hybridized carbons (Fsp3) is 0.231. The van der Waals surface area contributed by atoms with Crippen LogP contribution >= 0.6 is 11.6 Å². The predicted octanol–water partition coefficient (Wildman–Crippen LogP) is 2.14. The minimum Gasteiger partial charge on any atom is -0.365 e. The lowest BCUT2D eigenvalue weighted by molar-refractivity contribution is -0.114. The molecule has 0 bridgehead atoms. The Morgan fingerprint density at radius 2 is 1.88 bits per heavy atom. The van der Waals surface area contributed by atoms with Crippen LogP contribution in [0, 0.1) is 0 Å². The van der Waals surface area contributed by atoms with Crippen molar-refractivity contribution in [3.63, 3.8) is 0 Å². The summed E-state index contributed by atoms with van der Waals surface area (Å²) < 4.78 is 0. The zero-order valence-corrected chi connectivity index (χ0v) is 9.96. The van der Waals surface area contributed by atoms with E-state index in [1.165, 1.54) is 0 Å². The van der Waals surface area contributed by atoms with Crippen molar-refractivity contribution in [3.8, 4) is 0 Å². The van der Waals surface area contributed by atoms with Crippen LogP contribution in [0.25, 0.3) is 5.57 Å². The van der Waals surface area contributed by atoms with Gasteiger partial charge < -0.3 is 5.73 Å². The Hall–Kier alpha value is -1.61. The number of rotatable bonds is 4. The van der Waals surface area contributed by atoms with Crippen LogP contribution in [0.3, 0.4) is 0 Å². The Morgan fingerprint density at radius 1 is 1.24 bits per heavy atom. The number of allylic oxidation sites excluding steroid dienone is 1. The lowest BCUT2D eigenvalue weighted by atomic mass is 10.0. The van der Waals surface area contributed by atoms with E-state index in [2.05, 4.69) is 0 Å². The minimum atomic E-state index is -0.657. The predicted molar refractivity (Wildman–Crippen MR) is 66.8 cm³/mol. The van der Waals surface area contributed by atoms with E-state index in [0.29, 0.717) is 17.9 Å². The molecule has 2 N–H and O–H groups in total. The number of hydrogen-bond donors (Lipinski definition) is 1. The molecule has 0 fully saturated rings. The topological polar surface area (TPSA) is 60.2 Å². The van der Waals surface area contributed by atoms with Crippen LogP contribution in [0.2, 0.25) is 0 Å². The lowest BCUT2D eigenvalue weighted by Crippen LogP contribution is -2.19. The van der Waals surface area contributed by atoms with E-state index in [0.717, 1.165) is 17.6 Å². The first-order valence-electron chi connectivity index (χ1n) is 5.40. The summed E-state index contributed by atoms with van der Waals surface area (Å²) in [6, 6.07) is 7.18. The highest BCUT2D eigenvalue weighted by Gasteiger charge is 2.31. The molecule has 88 valence electrons. The zero-order chi connectivity index (χ0) is 12.4. The first-order valence-corrected chi connectivity index (χ1v) is 5.93. The number of benzene rings is 1. The number of alkyl halides is 1. The van der Waals surface area contributed by atoms with Gasteiger partial charge >= 0.3 is 0 Å². The molecule has 1 aromatic rings. The van der Waals surface area contributed by atoms with Crippen LogP contribution < -0.4 is 5.73 Å². The quantitative estimate of drug-likeness (QED) is 0.657. The summed E-state index contributed by atoms with van der Waals surface area (Å²) in [6.45, 7) is 0. The molecule has 3 nitrogen and oxygen atoms in total. The molecule has 0 saturated carbocycles. The number of carbonyl (C=O) groups is 2. The molecule has 2 rings (SSSR count). The number of halogens is 1. The van der Waals surface area contributed by atoms with Gasteiger partial charge in [-0.3, -0.25) is 9.59 Å². The van der Waals surface area contributed by atoms with Gasteiger partial charge in [0.25, 0.3) is 5.91 Å². The van der Waals surface area contributed by atoms with Gasteiger partial charge in [-0.1, -0.05) is 24.3 Å². The minimum absolute atomic E-state index is 0.122.